The summed E-state index contributed by atoms with van der Waals surface area (Å²) in [7, 11) is 0. The topological polar surface area (TPSA) is 41.5 Å². The van der Waals surface area contributed by atoms with Crippen LogP contribution in [0, 0.1) is 13.8 Å². The number of aryl methyl sites for hydroxylation is 2. The van der Waals surface area contributed by atoms with Gasteiger partial charge < -0.3 is 15.2 Å². The van der Waals surface area contributed by atoms with Gasteiger partial charge in [0.1, 0.15) is 0 Å². The van der Waals surface area contributed by atoms with Crippen LogP contribution in [0.5, 0.6) is 11.5 Å². The lowest BCUT2D eigenvalue weighted by molar-refractivity contribution is 0.316. The molecule has 0 saturated carbocycles. The Labute approximate surface area is 138 Å². The number of phenols is 1. The Hall–Kier alpha value is -2.42. The van der Waals surface area contributed by atoms with E-state index < -0.39 is 0 Å². The van der Waals surface area contributed by atoms with Gasteiger partial charge in [-0.2, -0.15) is 0 Å². The second kappa shape index (κ2) is 7.73. The smallest absolute Gasteiger partial charge is 0.161 e. The van der Waals surface area contributed by atoms with Crippen molar-refractivity contribution < 1.29 is 9.84 Å². The Morgan fingerprint density at radius 2 is 2.00 bits per heavy atom. The average molecular weight is 311 g/mol. The van der Waals surface area contributed by atoms with Crippen LogP contribution in [-0.2, 0) is 13.0 Å². The molecule has 0 unspecified atom stereocenters. The van der Waals surface area contributed by atoms with Gasteiger partial charge in [0.2, 0.25) is 0 Å². The molecule has 0 spiro atoms. The minimum absolute atomic E-state index is 0.210. The van der Waals surface area contributed by atoms with Gasteiger partial charge in [-0.05, 0) is 56.5 Å². The lowest BCUT2D eigenvalue weighted by atomic mass is 10.0. The predicted molar refractivity (Wildman–Crippen MR) is 96.4 cm³/mol. The number of phenolic OH excluding ortho intramolecular Hbond substituents is 1. The Morgan fingerprint density at radius 3 is 2.65 bits per heavy atom. The quantitative estimate of drug-likeness (QED) is 0.725. The molecule has 23 heavy (non-hydrogen) atoms. The van der Waals surface area contributed by atoms with Crippen LogP contribution in [0.25, 0.3) is 0 Å². The molecule has 2 aromatic carbocycles. The molecule has 0 aromatic heterocycles. The van der Waals surface area contributed by atoms with E-state index in [0.29, 0.717) is 25.3 Å². The largest absolute Gasteiger partial charge is 0.504 e. The minimum Gasteiger partial charge on any atom is -0.504 e. The van der Waals surface area contributed by atoms with Crippen molar-refractivity contribution in [1.29, 1.82) is 0 Å². The molecule has 0 amide bonds. The summed E-state index contributed by atoms with van der Waals surface area (Å²) in [6, 6.07) is 10.2. The summed E-state index contributed by atoms with van der Waals surface area (Å²) < 4.78 is 5.54. The third kappa shape index (κ3) is 4.28. The number of hydrogen-bond donors (Lipinski definition) is 2. The summed E-state index contributed by atoms with van der Waals surface area (Å²) in [6.07, 6.45) is 2.40. The van der Waals surface area contributed by atoms with Gasteiger partial charge in [-0.25, -0.2) is 0 Å². The molecule has 0 aliphatic carbocycles. The molecule has 122 valence electrons. The fourth-order valence-electron chi connectivity index (χ4n) is 2.62. The summed E-state index contributed by atoms with van der Waals surface area (Å²) in [4.78, 5) is 0. The molecule has 0 radical (unpaired) electrons. The zero-order valence-corrected chi connectivity index (χ0v) is 14.1. The Balaban J connectivity index is 2.22. The van der Waals surface area contributed by atoms with E-state index in [9.17, 15) is 5.11 Å². The molecule has 0 heterocycles. The number of allylic oxidation sites excluding steroid dienone is 1. The van der Waals surface area contributed by atoms with Crippen molar-refractivity contribution in [1.82, 2.24) is 0 Å². The molecule has 0 aliphatic rings. The van der Waals surface area contributed by atoms with Gasteiger partial charge in [-0.3, -0.25) is 0 Å². The third-order valence-electron chi connectivity index (χ3n) is 3.74. The molecular weight excluding hydrogens is 286 g/mol. The molecular formula is C20H25NO2. The highest BCUT2D eigenvalue weighted by Crippen LogP contribution is 2.32. The number of aromatic hydroxyl groups is 1. The highest BCUT2D eigenvalue weighted by Gasteiger charge is 2.10. The molecule has 2 aromatic rings. The number of benzene rings is 2. The fourth-order valence-corrected chi connectivity index (χ4v) is 2.62. The number of nitrogens with one attached hydrogen (secondary N) is 1. The maximum atomic E-state index is 10.2. The summed E-state index contributed by atoms with van der Waals surface area (Å²) >= 11 is 0. The van der Waals surface area contributed by atoms with Crippen molar-refractivity contribution in [3.63, 3.8) is 0 Å². The predicted octanol–water partition coefficient (Wildman–Crippen LogP) is 4.75. The summed E-state index contributed by atoms with van der Waals surface area (Å²) in [6.45, 7) is 11.0. The van der Waals surface area contributed by atoms with Crippen LogP contribution < -0.4 is 10.1 Å². The second-order valence-electron chi connectivity index (χ2n) is 5.70. The van der Waals surface area contributed by atoms with Gasteiger partial charge in [0.25, 0.3) is 0 Å². The molecule has 2 rings (SSSR count). The van der Waals surface area contributed by atoms with Crippen molar-refractivity contribution >= 4 is 5.69 Å². The molecule has 0 atom stereocenters. The van der Waals surface area contributed by atoms with E-state index in [1.165, 1.54) is 11.1 Å². The van der Waals surface area contributed by atoms with Crippen LogP contribution in [-0.4, -0.2) is 11.7 Å². The highest BCUT2D eigenvalue weighted by atomic mass is 16.5. The number of rotatable bonds is 7. The summed E-state index contributed by atoms with van der Waals surface area (Å²) in [5, 5.41) is 13.7. The van der Waals surface area contributed by atoms with Crippen LogP contribution in [0.1, 0.15) is 29.2 Å². The Morgan fingerprint density at radius 1 is 1.22 bits per heavy atom. The highest BCUT2D eigenvalue weighted by molar-refractivity contribution is 5.54. The SMILES string of the molecule is C=CCc1cc(CNc2ccc(C)cc2C)cc(OCC)c1O. The van der Waals surface area contributed by atoms with Gasteiger partial charge in [0.15, 0.2) is 11.5 Å². The minimum atomic E-state index is 0.210. The van der Waals surface area contributed by atoms with Crippen LogP contribution in [0.2, 0.25) is 0 Å². The molecule has 0 aliphatic heterocycles. The lowest BCUT2D eigenvalue weighted by Gasteiger charge is -2.14. The number of ether oxygens (including phenoxy) is 1. The van der Waals surface area contributed by atoms with Crippen LogP contribution in [0.3, 0.4) is 0 Å². The van der Waals surface area contributed by atoms with Gasteiger partial charge in [0.05, 0.1) is 6.61 Å². The van der Waals surface area contributed by atoms with Crippen LogP contribution in [0.15, 0.2) is 43.0 Å². The van der Waals surface area contributed by atoms with E-state index in [2.05, 4.69) is 43.9 Å². The molecule has 3 nitrogen and oxygen atoms in total. The van der Waals surface area contributed by atoms with Crippen molar-refractivity contribution in [2.24, 2.45) is 0 Å². The van der Waals surface area contributed by atoms with Crippen LogP contribution >= 0.6 is 0 Å². The van der Waals surface area contributed by atoms with Crippen LogP contribution in [0.4, 0.5) is 5.69 Å². The van der Waals surface area contributed by atoms with Crippen molar-refractivity contribution in [2.75, 3.05) is 11.9 Å². The molecule has 0 bridgehead atoms. The van der Waals surface area contributed by atoms with E-state index in [4.69, 9.17) is 4.74 Å². The average Bonchev–Trinajstić information content (AvgIpc) is 2.51. The first-order valence-corrected chi connectivity index (χ1v) is 7.94. The molecule has 0 saturated heterocycles. The maximum absolute atomic E-state index is 10.2. The van der Waals surface area contributed by atoms with Crippen molar-refractivity contribution in [3.05, 3.63) is 65.2 Å². The fraction of sp³-hybridized carbons (Fsp3) is 0.300. The van der Waals surface area contributed by atoms with E-state index in [1.54, 1.807) is 6.08 Å². The Bertz CT molecular complexity index is 692. The number of hydrogen-bond acceptors (Lipinski definition) is 3. The van der Waals surface area contributed by atoms with Gasteiger partial charge >= 0.3 is 0 Å². The van der Waals surface area contributed by atoms with E-state index in [1.807, 2.05) is 19.1 Å². The van der Waals surface area contributed by atoms with Crippen molar-refractivity contribution in [3.8, 4) is 11.5 Å². The van der Waals surface area contributed by atoms with E-state index in [-0.39, 0.29) is 5.75 Å². The normalized spacial score (nSPS) is 10.4. The van der Waals surface area contributed by atoms with E-state index in [0.717, 1.165) is 16.8 Å². The standard InChI is InChI=1S/C20H25NO2/c1-5-7-17-11-16(12-19(20(17)22)23-6-2)13-21-18-9-8-14(3)10-15(18)4/h5,8-12,21-22H,1,6-7,13H2,2-4H3. The van der Waals surface area contributed by atoms with Gasteiger partial charge in [-0.15, -0.1) is 6.58 Å². The summed E-state index contributed by atoms with van der Waals surface area (Å²) in [5.74, 6) is 0.742. The first-order valence-electron chi connectivity index (χ1n) is 7.94. The zero-order chi connectivity index (χ0) is 16.8. The number of anilines is 1. The lowest BCUT2D eigenvalue weighted by Crippen LogP contribution is -2.03. The van der Waals surface area contributed by atoms with E-state index >= 15 is 0 Å². The molecule has 0 fully saturated rings. The first-order chi connectivity index (χ1) is 11.0. The summed E-state index contributed by atoms with van der Waals surface area (Å²) in [5.41, 5.74) is 5.50. The monoisotopic (exact) mass is 311 g/mol. The zero-order valence-electron chi connectivity index (χ0n) is 14.1. The maximum Gasteiger partial charge on any atom is 0.161 e. The first kappa shape index (κ1) is 16.9. The van der Waals surface area contributed by atoms with Crippen molar-refractivity contribution in [2.45, 2.75) is 33.7 Å². The van der Waals surface area contributed by atoms with Gasteiger partial charge in [0, 0.05) is 17.8 Å². The third-order valence-corrected chi connectivity index (χ3v) is 3.74. The van der Waals surface area contributed by atoms with Gasteiger partial charge in [-0.1, -0.05) is 23.8 Å². The molecule has 3 heteroatoms. The second-order valence-corrected chi connectivity index (χ2v) is 5.70. The molecule has 2 N–H and O–H groups in total. The Kier molecular flexibility index (Phi) is 5.69.